The summed E-state index contributed by atoms with van der Waals surface area (Å²) in [6.07, 6.45) is 0.949. The van der Waals surface area contributed by atoms with Gasteiger partial charge in [-0.05, 0) is 18.6 Å². The third-order valence-corrected chi connectivity index (χ3v) is 7.94. The van der Waals surface area contributed by atoms with Crippen LogP contribution in [0.3, 0.4) is 0 Å². The van der Waals surface area contributed by atoms with Crippen molar-refractivity contribution in [3.63, 3.8) is 0 Å². The number of hydrogen-bond acceptors (Lipinski definition) is 6. The fraction of sp³-hybridized carbons (Fsp3) is 0.500. The Morgan fingerprint density at radius 1 is 1.32 bits per heavy atom. The zero-order valence-electron chi connectivity index (χ0n) is 13.3. The minimum absolute atomic E-state index is 0.0879. The van der Waals surface area contributed by atoms with Crippen LogP contribution in [0.15, 0.2) is 45.1 Å². The lowest BCUT2D eigenvalue weighted by Gasteiger charge is -2.19. The van der Waals surface area contributed by atoms with Crippen LogP contribution in [0.2, 0.25) is 0 Å². The summed E-state index contributed by atoms with van der Waals surface area (Å²) in [7, 11) is 2.88. The zero-order valence-corrected chi connectivity index (χ0v) is 15.0. The Balaban J connectivity index is 3.07. The maximum absolute atomic E-state index is 11.4. The highest BCUT2D eigenvalue weighted by Gasteiger charge is 2.23. The van der Waals surface area contributed by atoms with Crippen molar-refractivity contribution in [1.29, 1.82) is 0 Å². The van der Waals surface area contributed by atoms with E-state index in [4.69, 9.17) is 4.52 Å². The monoisotopic (exact) mass is 343 g/mol. The summed E-state index contributed by atoms with van der Waals surface area (Å²) in [6.45, 7) is 1.48. The number of rotatable bonds is 8. The van der Waals surface area contributed by atoms with Crippen molar-refractivity contribution in [2.24, 2.45) is 14.7 Å². The minimum atomic E-state index is -2.58. The molecule has 22 heavy (non-hydrogen) atoms. The van der Waals surface area contributed by atoms with Crippen LogP contribution < -0.4 is 0 Å². The minimum Gasteiger partial charge on any atom is -0.468 e. The Morgan fingerprint density at radius 2 is 2.00 bits per heavy atom. The number of carbonyl (C=O) groups is 1. The molecular formula is C14H22N3O3PS. The van der Waals surface area contributed by atoms with Crippen molar-refractivity contribution in [3.8, 4) is 0 Å². The second-order valence-corrected chi connectivity index (χ2v) is 9.28. The molecule has 0 saturated heterocycles. The van der Waals surface area contributed by atoms with E-state index in [0.717, 1.165) is 12.1 Å². The Labute approximate surface area is 135 Å². The van der Waals surface area contributed by atoms with Crippen molar-refractivity contribution in [3.05, 3.63) is 30.3 Å². The lowest BCUT2D eigenvalue weighted by Crippen LogP contribution is -2.04. The SMILES string of the molecule is CCC(C)SP(N=Nc1ccccc1)(=NCC(=O)OC)OC. The Morgan fingerprint density at radius 3 is 2.55 bits per heavy atom. The highest BCUT2D eigenvalue weighted by molar-refractivity contribution is 8.57. The van der Waals surface area contributed by atoms with Crippen LogP contribution in [0.5, 0.6) is 0 Å². The van der Waals surface area contributed by atoms with Crippen LogP contribution in [0, 0.1) is 0 Å². The maximum atomic E-state index is 11.4. The highest BCUT2D eigenvalue weighted by Crippen LogP contribution is 2.66. The first kappa shape index (κ1) is 18.9. The predicted molar refractivity (Wildman–Crippen MR) is 91.5 cm³/mol. The molecule has 0 heterocycles. The molecule has 0 radical (unpaired) electrons. The van der Waals surface area contributed by atoms with E-state index in [9.17, 15) is 4.79 Å². The topological polar surface area (TPSA) is 72.6 Å². The van der Waals surface area contributed by atoms with Gasteiger partial charge in [0.25, 0.3) is 6.63 Å². The highest BCUT2D eigenvalue weighted by atomic mass is 32.7. The number of carbonyl (C=O) groups excluding carboxylic acids is 1. The average Bonchev–Trinajstić information content (AvgIpc) is 2.57. The Bertz CT molecular complexity index is 552. The Hall–Kier alpha value is -1.17. The summed E-state index contributed by atoms with van der Waals surface area (Å²) in [5, 5.41) is 4.52. The summed E-state index contributed by atoms with van der Waals surface area (Å²) in [5.41, 5.74) is 0.724. The van der Waals surface area contributed by atoms with Gasteiger partial charge in [-0.3, -0.25) is 4.79 Å². The molecule has 6 nitrogen and oxygen atoms in total. The quantitative estimate of drug-likeness (QED) is 0.375. The molecule has 0 N–H and O–H groups in total. The van der Waals surface area contributed by atoms with E-state index in [-0.39, 0.29) is 6.54 Å². The molecule has 1 rings (SSSR count). The molecule has 2 unspecified atom stereocenters. The standard InChI is InChI=1S/C14H22N3O3PS/c1-5-12(2)22-21(20-4,15-11-14(18)19-3)17-16-13-9-7-6-8-10-13/h6-10,12H,5,11H2,1-4H3. The van der Waals surface area contributed by atoms with Gasteiger partial charge in [-0.25, -0.2) is 4.74 Å². The maximum Gasteiger partial charge on any atom is 0.327 e. The fourth-order valence-electron chi connectivity index (χ4n) is 1.34. The van der Waals surface area contributed by atoms with Gasteiger partial charge in [0, 0.05) is 12.4 Å². The lowest BCUT2D eigenvalue weighted by atomic mass is 10.3. The van der Waals surface area contributed by atoms with Crippen LogP contribution in [0.25, 0.3) is 0 Å². The van der Waals surface area contributed by atoms with Gasteiger partial charge in [-0.1, -0.05) is 43.4 Å². The van der Waals surface area contributed by atoms with Gasteiger partial charge in [0.05, 0.1) is 12.8 Å². The van der Waals surface area contributed by atoms with Gasteiger partial charge in [0.2, 0.25) is 0 Å². The molecule has 0 fully saturated rings. The molecule has 0 saturated carbocycles. The van der Waals surface area contributed by atoms with Crippen LogP contribution >= 0.6 is 18.0 Å². The molecular weight excluding hydrogens is 321 g/mol. The van der Waals surface area contributed by atoms with Gasteiger partial charge in [-0.2, -0.15) is 0 Å². The van der Waals surface area contributed by atoms with Gasteiger partial charge in [0.15, 0.2) is 0 Å². The van der Waals surface area contributed by atoms with Crippen LogP contribution in [-0.2, 0) is 14.1 Å². The summed E-state index contributed by atoms with van der Waals surface area (Å²) in [4.78, 5) is 15.7. The molecule has 1 aromatic carbocycles. The predicted octanol–water partition coefficient (Wildman–Crippen LogP) is 5.07. The molecule has 0 amide bonds. The van der Waals surface area contributed by atoms with Crippen molar-refractivity contribution >= 4 is 29.7 Å². The molecule has 0 aliphatic rings. The number of hydrogen-bond donors (Lipinski definition) is 0. The van der Waals surface area contributed by atoms with Crippen LogP contribution in [0.4, 0.5) is 5.69 Å². The first-order chi connectivity index (χ1) is 10.5. The molecule has 0 aliphatic heterocycles. The Kier molecular flexibility index (Phi) is 8.38. The van der Waals surface area contributed by atoms with Gasteiger partial charge in [-0.15, -0.1) is 10.00 Å². The zero-order chi connectivity index (χ0) is 16.4. The van der Waals surface area contributed by atoms with Crippen LogP contribution in [0.1, 0.15) is 20.3 Å². The molecule has 122 valence electrons. The molecule has 0 aromatic heterocycles. The van der Waals surface area contributed by atoms with Gasteiger partial charge < -0.3 is 9.26 Å². The summed E-state index contributed by atoms with van der Waals surface area (Å²) < 4.78 is 14.6. The second kappa shape index (κ2) is 9.77. The first-order valence-electron chi connectivity index (χ1n) is 6.92. The van der Waals surface area contributed by atoms with E-state index in [1.165, 1.54) is 18.5 Å². The van der Waals surface area contributed by atoms with Gasteiger partial charge in [0.1, 0.15) is 6.54 Å². The number of esters is 1. The molecule has 1 aromatic rings. The molecule has 2 atom stereocenters. The van der Waals surface area contributed by atoms with E-state index in [1.807, 2.05) is 30.3 Å². The molecule has 0 aliphatic carbocycles. The van der Waals surface area contributed by atoms with E-state index < -0.39 is 12.6 Å². The van der Waals surface area contributed by atoms with Crippen molar-refractivity contribution in [2.45, 2.75) is 25.5 Å². The van der Waals surface area contributed by atoms with E-state index >= 15 is 0 Å². The van der Waals surface area contributed by atoms with Crippen molar-refractivity contribution < 1.29 is 14.1 Å². The largest absolute Gasteiger partial charge is 0.468 e. The first-order valence-corrected chi connectivity index (χ1v) is 10.0. The smallest absolute Gasteiger partial charge is 0.327 e. The summed E-state index contributed by atoms with van der Waals surface area (Å²) in [5.74, 6) is -0.416. The lowest BCUT2D eigenvalue weighted by molar-refractivity contribution is -0.138. The second-order valence-electron chi connectivity index (χ2n) is 4.40. The summed E-state index contributed by atoms with van der Waals surface area (Å²) in [6, 6.07) is 9.38. The third kappa shape index (κ3) is 6.30. The van der Waals surface area contributed by atoms with E-state index in [0.29, 0.717) is 5.25 Å². The fourth-order valence-corrected chi connectivity index (χ4v) is 5.63. The van der Waals surface area contributed by atoms with Crippen molar-refractivity contribution in [1.82, 2.24) is 0 Å². The van der Waals surface area contributed by atoms with Crippen molar-refractivity contribution in [2.75, 3.05) is 20.8 Å². The summed E-state index contributed by atoms with van der Waals surface area (Å²) >= 11 is 1.52. The average molecular weight is 343 g/mol. The van der Waals surface area contributed by atoms with Gasteiger partial charge >= 0.3 is 5.97 Å². The van der Waals surface area contributed by atoms with E-state index in [1.54, 1.807) is 7.11 Å². The number of nitrogens with zero attached hydrogens (tertiary/aromatic N) is 3. The molecule has 0 spiro atoms. The normalized spacial score (nSPS) is 15.3. The number of ether oxygens (including phenoxy) is 1. The third-order valence-electron chi connectivity index (χ3n) is 2.77. The molecule has 0 bridgehead atoms. The number of methoxy groups -OCH3 is 1. The number of benzene rings is 1. The van der Waals surface area contributed by atoms with Crippen LogP contribution in [-0.4, -0.2) is 32.0 Å². The van der Waals surface area contributed by atoms with E-state index in [2.05, 4.69) is 33.3 Å². The molecule has 8 heteroatoms.